The largest absolute Gasteiger partial charge is 0.444 e. The van der Waals surface area contributed by atoms with Gasteiger partial charge in [0.15, 0.2) is 5.16 Å². The monoisotopic (exact) mass is 372 g/mol. The Balaban J connectivity index is 2.08. The summed E-state index contributed by atoms with van der Waals surface area (Å²) in [5.41, 5.74) is -0.483. The van der Waals surface area contributed by atoms with Gasteiger partial charge >= 0.3 is 6.09 Å². The lowest BCUT2D eigenvalue weighted by atomic mass is 10.0. The molecule has 8 heteroatoms. The molecular formula is C16H25ClN4O2S. The number of amides is 1. The van der Waals surface area contributed by atoms with E-state index in [1.807, 2.05) is 34.1 Å². The molecule has 1 unspecified atom stereocenters. The molecule has 134 valence electrons. The molecule has 1 atom stereocenters. The average molecular weight is 373 g/mol. The van der Waals surface area contributed by atoms with E-state index in [-0.39, 0.29) is 12.1 Å². The number of likely N-dealkylation sites (tertiary alicyclic amines) is 1. The van der Waals surface area contributed by atoms with E-state index in [9.17, 15) is 4.79 Å². The molecular weight excluding hydrogens is 348 g/mol. The van der Waals surface area contributed by atoms with Crippen LogP contribution in [0.1, 0.15) is 33.6 Å². The highest BCUT2D eigenvalue weighted by molar-refractivity contribution is 7.98. The van der Waals surface area contributed by atoms with Gasteiger partial charge in [-0.1, -0.05) is 23.4 Å². The molecule has 0 spiro atoms. The zero-order valence-corrected chi connectivity index (χ0v) is 16.4. The van der Waals surface area contributed by atoms with E-state index in [1.54, 1.807) is 11.0 Å². The first kappa shape index (κ1) is 19.1. The number of carbonyl (C=O) groups is 1. The molecule has 1 amide bonds. The summed E-state index contributed by atoms with van der Waals surface area (Å²) >= 11 is 7.54. The number of piperidine rings is 1. The molecule has 1 aliphatic heterocycles. The summed E-state index contributed by atoms with van der Waals surface area (Å²) in [5, 5.41) is 1.07. The topological polar surface area (TPSA) is 58.6 Å². The minimum absolute atomic E-state index is 0.173. The Bertz CT molecular complexity index is 594. The van der Waals surface area contributed by atoms with E-state index in [0.717, 1.165) is 25.2 Å². The van der Waals surface area contributed by atoms with Crippen LogP contribution in [0.4, 0.5) is 10.6 Å². The maximum absolute atomic E-state index is 12.3. The Kier molecular flexibility index (Phi) is 6.20. The normalized spacial score (nSPS) is 18.4. The lowest BCUT2D eigenvalue weighted by Crippen LogP contribution is -2.50. The fourth-order valence-electron chi connectivity index (χ4n) is 2.61. The van der Waals surface area contributed by atoms with Crippen LogP contribution in [-0.2, 0) is 4.74 Å². The van der Waals surface area contributed by atoms with Crippen molar-refractivity contribution in [2.75, 3.05) is 31.3 Å². The van der Waals surface area contributed by atoms with Crippen LogP contribution in [0.3, 0.4) is 0 Å². The highest BCUT2D eigenvalue weighted by Crippen LogP contribution is 2.25. The van der Waals surface area contributed by atoms with Gasteiger partial charge in [0.1, 0.15) is 16.6 Å². The van der Waals surface area contributed by atoms with Gasteiger partial charge in [0.25, 0.3) is 0 Å². The number of hydrogen-bond acceptors (Lipinski definition) is 6. The number of halogens is 1. The van der Waals surface area contributed by atoms with Gasteiger partial charge in [-0.05, 0) is 39.9 Å². The second-order valence-electron chi connectivity index (χ2n) is 6.87. The molecule has 0 aromatic carbocycles. The molecule has 24 heavy (non-hydrogen) atoms. The van der Waals surface area contributed by atoms with Gasteiger partial charge in [0.05, 0.1) is 0 Å². The van der Waals surface area contributed by atoms with Crippen molar-refractivity contribution < 1.29 is 9.53 Å². The second-order valence-corrected chi connectivity index (χ2v) is 8.03. The van der Waals surface area contributed by atoms with Gasteiger partial charge in [-0.15, -0.1) is 0 Å². The van der Waals surface area contributed by atoms with E-state index in [4.69, 9.17) is 16.3 Å². The SMILES string of the molecule is CSc1nc(Cl)cc(N(C)C2CCCN(C(=O)OC(C)(C)C)C2)n1. The van der Waals surface area contributed by atoms with E-state index in [0.29, 0.717) is 16.9 Å². The number of anilines is 1. The number of aromatic nitrogens is 2. The van der Waals surface area contributed by atoms with E-state index in [1.165, 1.54) is 11.8 Å². The van der Waals surface area contributed by atoms with Crippen molar-refractivity contribution in [1.82, 2.24) is 14.9 Å². The zero-order valence-electron chi connectivity index (χ0n) is 14.9. The summed E-state index contributed by atoms with van der Waals surface area (Å²) in [5.74, 6) is 0.774. The molecule has 2 heterocycles. The molecule has 2 rings (SSSR count). The molecule has 0 radical (unpaired) electrons. The first-order chi connectivity index (χ1) is 11.2. The maximum atomic E-state index is 12.3. The number of rotatable bonds is 3. The van der Waals surface area contributed by atoms with Crippen molar-refractivity contribution >= 4 is 35.3 Å². The molecule has 1 aromatic rings. The number of likely N-dealkylation sites (N-methyl/N-ethyl adjacent to an activating group) is 1. The van der Waals surface area contributed by atoms with Crippen molar-refractivity contribution in [2.24, 2.45) is 0 Å². The lowest BCUT2D eigenvalue weighted by Gasteiger charge is -2.38. The van der Waals surface area contributed by atoms with Crippen LogP contribution >= 0.6 is 23.4 Å². The molecule has 1 aromatic heterocycles. The number of hydrogen-bond donors (Lipinski definition) is 0. The third-order valence-corrected chi connectivity index (χ3v) is 4.54. The van der Waals surface area contributed by atoms with Gasteiger partial charge in [-0.3, -0.25) is 0 Å². The predicted molar refractivity (Wildman–Crippen MR) is 98.1 cm³/mol. The standard InChI is InChI=1S/C16H25ClN4O2S/c1-16(2,3)23-15(22)21-8-6-7-11(10-21)20(4)13-9-12(17)18-14(19-13)24-5/h9,11H,6-8,10H2,1-5H3. The average Bonchev–Trinajstić information content (AvgIpc) is 2.52. The summed E-state index contributed by atoms with van der Waals surface area (Å²) in [6.45, 7) is 6.98. The van der Waals surface area contributed by atoms with Crippen molar-refractivity contribution in [2.45, 2.75) is 50.4 Å². The first-order valence-electron chi connectivity index (χ1n) is 7.99. The molecule has 0 aliphatic carbocycles. The van der Waals surface area contributed by atoms with Crippen LogP contribution in [0.5, 0.6) is 0 Å². The third-order valence-electron chi connectivity index (χ3n) is 3.80. The third kappa shape index (κ3) is 5.14. The lowest BCUT2D eigenvalue weighted by molar-refractivity contribution is 0.0199. The van der Waals surface area contributed by atoms with E-state index in [2.05, 4.69) is 14.9 Å². The Morgan fingerprint density at radius 3 is 2.79 bits per heavy atom. The minimum atomic E-state index is -0.483. The summed E-state index contributed by atoms with van der Waals surface area (Å²) in [7, 11) is 1.98. The second kappa shape index (κ2) is 7.78. The van der Waals surface area contributed by atoms with Gasteiger partial charge in [-0.2, -0.15) is 0 Å². The summed E-state index contributed by atoms with van der Waals surface area (Å²) < 4.78 is 5.48. The number of carbonyl (C=O) groups excluding carboxylic acids is 1. The van der Waals surface area contributed by atoms with E-state index >= 15 is 0 Å². The van der Waals surface area contributed by atoms with Gasteiger partial charge in [-0.25, -0.2) is 14.8 Å². The van der Waals surface area contributed by atoms with Gasteiger partial charge in [0.2, 0.25) is 0 Å². The Labute approximate surface area is 152 Å². The molecule has 0 bridgehead atoms. The van der Waals surface area contributed by atoms with E-state index < -0.39 is 5.60 Å². The van der Waals surface area contributed by atoms with Crippen molar-refractivity contribution in [3.8, 4) is 0 Å². The summed E-state index contributed by atoms with van der Waals surface area (Å²) in [4.78, 5) is 24.8. The zero-order chi connectivity index (χ0) is 17.9. The molecule has 6 nitrogen and oxygen atoms in total. The number of thioether (sulfide) groups is 1. The Morgan fingerprint density at radius 2 is 2.17 bits per heavy atom. The number of ether oxygens (including phenoxy) is 1. The van der Waals surface area contributed by atoms with Crippen LogP contribution in [0.2, 0.25) is 5.15 Å². The van der Waals surface area contributed by atoms with Crippen LogP contribution in [0.25, 0.3) is 0 Å². The molecule has 1 saturated heterocycles. The summed E-state index contributed by atoms with van der Waals surface area (Å²) in [6, 6.07) is 1.93. The molecule has 0 N–H and O–H groups in total. The first-order valence-corrected chi connectivity index (χ1v) is 9.59. The van der Waals surface area contributed by atoms with Gasteiger partial charge in [0, 0.05) is 32.2 Å². The molecule has 0 saturated carbocycles. The van der Waals surface area contributed by atoms with Gasteiger partial charge < -0.3 is 14.5 Å². The quantitative estimate of drug-likeness (QED) is 0.458. The highest BCUT2D eigenvalue weighted by atomic mass is 35.5. The maximum Gasteiger partial charge on any atom is 0.410 e. The Morgan fingerprint density at radius 1 is 1.46 bits per heavy atom. The van der Waals surface area contributed by atoms with Crippen molar-refractivity contribution in [1.29, 1.82) is 0 Å². The highest BCUT2D eigenvalue weighted by Gasteiger charge is 2.30. The van der Waals surface area contributed by atoms with Crippen LogP contribution in [-0.4, -0.2) is 59.0 Å². The molecule has 1 fully saturated rings. The van der Waals surface area contributed by atoms with Crippen LogP contribution in [0.15, 0.2) is 11.2 Å². The number of nitrogens with zero attached hydrogens (tertiary/aromatic N) is 4. The molecule has 1 aliphatic rings. The predicted octanol–water partition coefficient (Wildman–Crippen LogP) is 3.69. The van der Waals surface area contributed by atoms with Crippen LogP contribution in [0, 0.1) is 0 Å². The summed E-state index contributed by atoms with van der Waals surface area (Å²) in [6.07, 6.45) is 3.58. The Hall–Kier alpha value is -1.21. The fourth-order valence-corrected chi connectivity index (χ4v) is 3.21. The fraction of sp³-hybridized carbons (Fsp3) is 0.688. The van der Waals surface area contributed by atoms with Crippen molar-refractivity contribution in [3.05, 3.63) is 11.2 Å². The van der Waals surface area contributed by atoms with Crippen LogP contribution < -0.4 is 4.90 Å². The smallest absolute Gasteiger partial charge is 0.410 e. The van der Waals surface area contributed by atoms with Crippen molar-refractivity contribution in [3.63, 3.8) is 0 Å². The minimum Gasteiger partial charge on any atom is -0.444 e.